The Labute approximate surface area is 157 Å². The lowest BCUT2D eigenvalue weighted by Gasteiger charge is -2.21. The zero-order valence-corrected chi connectivity index (χ0v) is 15.9. The zero-order chi connectivity index (χ0) is 18.7. The Bertz CT molecular complexity index is 827. The molecule has 0 spiro atoms. The third-order valence-corrected chi connectivity index (χ3v) is 5.99. The minimum absolute atomic E-state index is 0.0138. The van der Waals surface area contributed by atoms with Gasteiger partial charge in [-0.05, 0) is 57.2 Å². The molecule has 2 aromatic rings. The highest BCUT2D eigenvalue weighted by atomic mass is 32.1. The molecule has 0 saturated carbocycles. The number of carbonyl (C=O) groups excluding carboxylic acids is 2. The molecule has 4 nitrogen and oxygen atoms in total. The molecule has 0 aliphatic heterocycles. The van der Waals surface area contributed by atoms with Crippen molar-refractivity contribution in [2.45, 2.75) is 39.5 Å². The number of fused-ring (bicyclic) bond motifs is 1. The van der Waals surface area contributed by atoms with Crippen LogP contribution in [0.25, 0.3) is 0 Å². The van der Waals surface area contributed by atoms with Gasteiger partial charge in [0.25, 0.3) is 11.8 Å². The molecule has 26 heavy (non-hydrogen) atoms. The maximum absolute atomic E-state index is 13.9. The van der Waals surface area contributed by atoms with E-state index in [1.165, 1.54) is 23.5 Å². The largest absolute Gasteiger partial charge is 0.339 e. The number of benzene rings is 1. The highest BCUT2D eigenvalue weighted by molar-refractivity contribution is 7.17. The number of nitrogens with zero attached hydrogens (tertiary/aromatic N) is 1. The van der Waals surface area contributed by atoms with Gasteiger partial charge in [-0.3, -0.25) is 9.59 Å². The molecular weight excluding hydrogens is 351 g/mol. The average molecular weight is 374 g/mol. The van der Waals surface area contributed by atoms with E-state index in [0.29, 0.717) is 23.7 Å². The van der Waals surface area contributed by atoms with Crippen molar-refractivity contribution in [1.29, 1.82) is 0 Å². The quantitative estimate of drug-likeness (QED) is 0.838. The summed E-state index contributed by atoms with van der Waals surface area (Å²) in [5, 5.41) is 3.34. The number of carbonyl (C=O) groups is 2. The van der Waals surface area contributed by atoms with E-state index >= 15 is 0 Å². The standard InChI is InChI=1S/C20H23FN2O2S/c1-3-23(4-2)20(25)17-14-10-6-8-12-16(14)26-19(17)22-18(24)13-9-5-7-11-15(13)21/h5,7,9,11H,3-4,6,8,10,12H2,1-2H3,(H,22,24). The predicted molar refractivity (Wildman–Crippen MR) is 103 cm³/mol. The van der Waals surface area contributed by atoms with Crippen LogP contribution in [0.5, 0.6) is 0 Å². The van der Waals surface area contributed by atoms with Crippen LogP contribution < -0.4 is 5.32 Å². The van der Waals surface area contributed by atoms with Gasteiger partial charge in [-0.2, -0.15) is 0 Å². The summed E-state index contributed by atoms with van der Waals surface area (Å²) in [6.45, 7) is 5.11. The van der Waals surface area contributed by atoms with E-state index in [-0.39, 0.29) is 11.5 Å². The number of rotatable bonds is 5. The van der Waals surface area contributed by atoms with Crippen molar-refractivity contribution in [2.24, 2.45) is 0 Å². The number of aryl methyl sites for hydroxylation is 1. The van der Waals surface area contributed by atoms with Crippen molar-refractivity contribution in [1.82, 2.24) is 4.90 Å². The Balaban J connectivity index is 1.98. The second-order valence-electron chi connectivity index (χ2n) is 6.33. The summed E-state index contributed by atoms with van der Waals surface area (Å²) in [5.74, 6) is -1.14. The van der Waals surface area contributed by atoms with Gasteiger partial charge in [0, 0.05) is 18.0 Å². The summed E-state index contributed by atoms with van der Waals surface area (Å²) in [7, 11) is 0. The summed E-state index contributed by atoms with van der Waals surface area (Å²) in [6, 6.07) is 5.88. The van der Waals surface area contributed by atoms with Crippen molar-refractivity contribution < 1.29 is 14.0 Å². The van der Waals surface area contributed by atoms with Crippen LogP contribution in [0, 0.1) is 5.82 Å². The van der Waals surface area contributed by atoms with Crippen LogP contribution in [0.15, 0.2) is 24.3 Å². The molecule has 138 valence electrons. The van der Waals surface area contributed by atoms with Gasteiger partial charge < -0.3 is 10.2 Å². The van der Waals surface area contributed by atoms with Gasteiger partial charge in [0.2, 0.25) is 0 Å². The topological polar surface area (TPSA) is 49.4 Å². The van der Waals surface area contributed by atoms with Gasteiger partial charge in [0.15, 0.2) is 0 Å². The van der Waals surface area contributed by atoms with E-state index in [1.807, 2.05) is 13.8 Å². The molecule has 3 rings (SSSR count). The fraction of sp³-hybridized carbons (Fsp3) is 0.400. The lowest BCUT2D eigenvalue weighted by Crippen LogP contribution is -2.32. The fourth-order valence-corrected chi connectivity index (χ4v) is 4.64. The summed E-state index contributed by atoms with van der Waals surface area (Å²) >= 11 is 1.46. The van der Waals surface area contributed by atoms with E-state index in [1.54, 1.807) is 17.0 Å². The lowest BCUT2D eigenvalue weighted by molar-refractivity contribution is 0.0773. The Hall–Kier alpha value is -2.21. The first-order valence-corrected chi connectivity index (χ1v) is 9.88. The molecule has 0 saturated heterocycles. The normalized spacial score (nSPS) is 13.2. The highest BCUT2D eigenvalue weighted by Crippen LogP contribution is 2.39. The number of anilines is 1. The van der Waals surface area contributed by atoms with Crippen molar-refractivity contribution in [3.05, 3.63) is 51.7 Å². The lowest BCUT2D eigenvalue weighted by atomic mass is 9.95. The van der Waals surface area contributed by atoms with E-state index < -0.39 is 11.7 Å². The van der Waals surface area contributed by atoms with E-state index in [0.717, 1.165) is 36.1 Å². The van der Waals surface area contributed by atoms with E-state index in [2.05, 4.69) is 5.32 Å². The van der Waals surface area contributed by atoms with Crippen LogP contribution >= 0.6 is 11.3 Å². The van der Waals surface area contributed by atoms with Crippen LogP contribution in [-0.2, 0) is 12.8 Å². The molecule has 1 heterocycles. The third kappa shape index (κ3) is 3.51. The number of hydrogen-bond acceptors (Lipinski definition) is 3. The molecule has 0 radical (unpaired) electrons. The molecule has 6 heteroatoms. The smallest absolute Gasteiger partial charge is 0.259 e. The molecule has 1 aromatic heterocycles. The van der Waals surface area contributed by atoms with Gasteiger partial charge in [0.1, 0.15) is 10.8 Å². The van der Waals surface area contributed by atoms with Gasteiger partial charge in [-0.15, -0.1) is 11.3 Å². The minimum atomic E-state index is -0.567. The maximum atomic E-state index is 13.9. The number of amides is 2. The molecule has 2 amide bonds. The first-order chi connectivity index (χ1) is 12.6. The third-order valence-electron chi connectivity index (χ3n) is 4.78. The number of thiophene rings is 1. The molecule has 1 aliphatic rings. The Kier molecular flexibility index (Phi) is 5.71. The molecule has 1 aromatic carbocycles. The van der Waals surface area contributed by atoms with Crippen LogP contribution in [0.2, 0.25) is 0 Å². The Morgan fingerprint density at radius 1 is 1.15 bits per heavy atom. The predicted octanol–water partition coefficient (Wildman–Crippen LogP) is 4.50. The van der Waals surface area contributed by atoms with Gasteiger partial charge >= 0.3 is 0 Å². The highest BCUT2D eigenvalue weighted by Gasteiger charge is 2.28. The number of hydrogen-bond donors (Lipinski definition) is 1. The molecular formula is C20H23FN2O2S. The molecule has 0 atom stereocenters. The molecule has 1 N–H and O–H groups in total. The second-order valence-corrected chi connectivity index (χ2v) is 7.43. The van der Waals surface area contributed by atoms with Gasteiger partial charge in [0.05, 0.1) is 11.1 Å². The van der Waals surface area contributed by atoms with Crippen LogP contribution in [-0.4, -0.2) is 29.8 Å². The SMILES string of the molecule is CCN(CC)C(=O)c1c(NC(=O)c2ccccc2F)sc2c1CCCC2. The average Bonchev–Trinajstić information content (AvgIpc) is 3.00. The minimum Gasteiger partial charge on any atom is -0.339 e. The molecule has 0 bridgehead atoms. The molecule has 0 unspecified atom stereocenters. The monoisotopic (exact) mass is 374 g/mol. The summed E-state index contributed by atoms with van der Waals surface area (Å²) in [4.78, 5) is 28.5. The molecule has 0 fully saturated rings. The van der Waals surface area contributed by atoms with E-state index in [4.69, 9.17) is 0 Å². The first-order valence-electron chi connectivity index (χ1n) is 9.06. The summed E-state index contributed by atoms with van der Waals surface area (Å²) in [5.41, 5.74) is 1.64. The van der Waals surface area contributed by atoms with Crippen LogP contribution in [0.3, 0.4) is 0 Å². The van der Waals surface area contributed by atoms with Crippen molar-refractivity contribution in [3.8, 4) is 0 Å². The fourth-order valence-electron chi connectivity index (χ4n) is 3.36. The van der Waals surface area contributed by atoms with E-state index in [9.17, 15) is 14.0 Å². The number of halogens is 1. The molecule has 1 aliphatic carbocycles. The van der Waals surface area contributed by atoms with Crippen LogP contribution in [0.1, 0.15) is 57.8 Å². The maximum Gasteiger partial charge on any atom is 0.259 e. The Morgan fingerprint density at radius 3 is 2.54 bits per heavy atom. The van der Waals surface area contributed by atoms with Gasteiger partial charge in [-0.25, -0.2) is 4.39 Å². The first kappa shape index (κ1) is 18.6. The van der Waals surface area contributed by atoms with Crippen LogP contribution in [0.4, 0.5) is 9.39 Å². The zero-order valence-electron chi connectivity index (χ0n) is 15.1. The summed E-state index contributed by atoms with van der Waals surface area (Å²) < 4.78 is 13.9. The summed E-state index contributed by atoms with van der Waals surface area (Å²) in [6.07, 6.45) is 3.91. The van der Waals surface area contributed by atoms with Crippen molar-refractivity contribution in [2.75, 3.05) is 18.4 Å². The van der Waals surface area contributed by atoms with Crippen molar-refractivity contribution in [3.63, 3.8) is 0 Å². The van der Waals surface area contributed by atoms with Crippen molar-refractivity contribution >= 4 is 28.2 Å². The van der Waals surface area contributed by atoms with Gasteiger partial charge in [-0.1, -0.05) is 12.1 Å². The Morgan fingerprint density at radius 2 is 1.85 bits per heavy atom. The second kappa shape index (κ2) is 7.99. The number of nitrogens with one attached hydrogen (secondary N) is 1.